The Kier molecular flexibility index (Phi) is 3.24. The second-order valence-corrected chi connectivity index (χ2v) is 3.82. The molecule has 0 rings (SSSR count). The molecule has 0 heterocycles. The first kappa shape index (κ1) is 9.84. The summed E-state index contributed by atoms with van der Waals surface area (Å²) in [7, 11) is -3.10. The van der Waals surface area contributed by atoms with Crippen molar-refractivity contribution in [2.24, 2.45) is 0 Å². The molecule has 2 unspecified atom stereocenters. The number of halogens is 1. The Morgan fingerprint density at radius 3 is 1.90 bits per heavy atom. The van der Waals surface area contributed by atoms with Gasteiger partial charge in [-0.2, -0.15) is 8.42 Å². The third-order valence-electron chi connectivity index (χ3n) is 1.48. The molecule has 0 saturated heterocycles. The maximum Gasteiger partial charge on any atom is 0.307 e. The zero-order chi connectivity index (χ0) is 8.36. The summed E-state index contributed by atoms with van der Waals surface area (Å²) < 4.78 is 37.1. The van der Waals surface area contributed by atoms with Crippen molar-refractivity contribution < 1.29 is 17.0 Å². The number of rotatable bonds is 3. The van der Waals surface area contributed by atoms with Crippen molar-refractivity contribution in [3.05, 3.63) is 0 Å². The highest BCUT2D eigenvalue weighted by molar-refractivity contribution is 7.87. The molecule has 62 valence electrons. The predicted octanol–water partition coefficient (Wildman–Crippen LogP) is 0.709. The molecule has 0 saturated carbocycles. The Hall–Kier alpha value is -0.160. The van der Waals surface area contributed by atoms with Gasteiger partial charge in [0.15, 0.2) is 0 Å². The molecule has 0 aliphatic heterocycles. The van der Waals surface area contributed by atoms with Gasteiger partial charge in [0.2, 0.25) is 0 Å². The Bertz CT molecular complexity index is 187. The molecule has 10 heavy (non-hydrogen) atoms. The summed E-state index contributed by atoms with van der Waals surface area (Å²) in [6.07, 6.45) is -0.602. The first-order valence-corrected chi connectivity index (χ1v) is 4.30. The molecule has 2 atom stereocenters. The standard InChI is InChI=1S/C5H11FO3S/c1-4(9-3)5(2)10(6,7)8/h4-5H,1-3H3. The normalized spacial score (nSPS) is 18.4. The lowest BCUT2D eigenvalue weighted by atomic mass is 10.3. The van der Waals surface area contributed by atoms with Crippen molar-refractivity contribution in [3.63, 3.8) is 0 Å². The van der Waals surface area contributed by atoms with Gasteiger partial charge in [-0.15, -0.1) is 3.89 Å². The smallest absolute Gasteiger partial charge is 0.307 e. The van der Waals surface area contributed by atoms with Crippen LogP contribution in [0.3, 0.4) is 0 Å². The van der Waals surface area contributed by atoms with Crippen molar-refractivity contribution in [1.82, 2.24) is 0 Å². The van der Waals surface area contributed by atoms with E-state index in [4.69, 9.17) is 0 Å². The lowest BCUT2D eigenvalue weighted by Crippen LogP contribution is -2.27. The second kappa shape index (κ2) is 3.30. The van der Waals surface area contributed by atoms with E-state index in [0.717, 1.165) is 0 Å². The van der Waals surface area contributed by atoms with Crippen LogP contribution < -0.4 is 0 Å². The van der Waals surface area contributed by atoms with Crippen LogP contribution in [0, 0.1) is 0 Å². The molecule has 0 N–H and O–H groups in total. The van der Waals surface area contributed by atoms with Gasteiger partial charge in [0.05, 0.1) is 6.10 Å². The minimum atomic E-state index is -4.44. The molecule has 0 fully saturated rings. The van der Waals surface area contributed by atoms with Gasteiger partial charge < -0.3 is 4.74 Å². The zero-order valence-corrected chi connectivity index (χ0v) is 6.98. The fraction of sp³-hybridized carbons (Fsp3) is 1.00. The highest BCUT2D eigenvalue weighted by Crippen LogP contribution is 2.09. The lowest BCUT2D eigenvalue weighted by molar-refractivity contribution is 0.116. The summed E-state index contributed by atoms with van der Waals surface area (Å²) in [6, 6.07) is 0. The molecule has 0 aliphatic carbocycles. The van der Waals surface area contributed by atoms with E-state index in [1.807, 2.05) is 0 Å². The van der Waals surface area contributed by atoms with Gasteiger partial charge in [-0.25, -0.2) is 0 Å². The van der Waals surface area contributed by atoms with Crippen LogP contribution >= 0.6 is 0 Å². The molecule has 0 amide bonds. The summed E-state index contributed by atoms with van der Waals surface area (Å²) in [5, 5.41) is -1.09. The summed E-state index contributed by atoms with van der Waals surface area (Å²) >= 11 is 0. The Morgan fingerprint density at radius 2 is 1.80 bits per heavy atom. The topological polar surface area (TPSA) is 43.4 Å². The minimum absolute atomic E-state index is 0.602. The molecule has 3 nitrogen and oxygen atoms in total. The molecule has 0 radical (unpaired) electrons. The summed E-state index contributed by atoms with van der Waals surface area (Å²) in [5.74, 6) is 0. The van der Waals surface area contributed by atoms with Crippen molar-refractivity contribution in [1.29, 1.82) is 0 Å². The van der Waals surface area contributed by atoms with Crippen LogP contribution in [-0.4, -0.2) is 26.9 Å². The van der Waals surface area contributed by atoms with Crippen LogP contribution in [0.15, 0.2) is 0 Å². The predicted molar refractivity (Wildman–Crippen MR) is 36.0 cm³/mol. The fourth-order valence-corrected chi connectivity index (χ4v) is 0.989. The fourth-order valence-electron chi connectivity index (χ4n) is 0.421. The third-order valence-corrected chi connectivity index (χ3v) is 2.75. The second-order valence-electron chi connectivity index (χ2n) is 2.12. The van der Waals surface area contributed by atoms with E-state index in [2.05, 4.69) is 4.74 Å². The molecule has 0 aromatic carbocycles. The summed E-state index contributed by atoms with van der Waals surface area (Å²) in [5.41, 5.74) is 0. The first-order chi connectivity index (χ1) is 4.39. The molecule has 0 aliphatic rings. The molecular formula is C5H11FO3S. The number of hydrogen-bond acceptors (Lipinski definition) is 3. The van der Waals surface area contributed by atoms with Gasteiger partial charge in [-0.05, 0) is 13.8 Å². The van der Waals surface area contributed by atoms with E-state index in [-0.39, 0.29) is 0 Å². The van der Waals surface area contributed by atoms with Crippen molar-refractivity contribution in [3.8, 4) is 0 Å². The van der Waals surface area contributed by atoms with E-state index in [1.54, 1.807) is 0 Å². The molecule has 0 spiro atoms. The van der Waals surface area contributed by atoms with Crippen LogP contribution in [-0.2, 0) is 15.0 Å². The molecular weight excluding hydrogens is 159 g/mol. The maximum atomic E-state index is 12.1. The summed E-state index contributed by atoms with van der Waals surface area (Å²) in [6.45, 7) is 2.77. The van der Waals surface area contributed by atoms with Crippen LogP contribution in [0.4, 0.5) is 3.89 Å². The maximum absolute atomic E-state index is 12.1. The molecule has 0 aromatic heterocycles. The average Bonchev–Trinajstić information content (AvgIpc) is 1.83. The molecule has 0 aromatic rings. The number of methoxy groups -OCH3 is 1. The van der Waals surface area contributed by atoms with E-state index in [1.165, 1.54) is 21.0 Å². The highest BCUT2D eigenvalue weighted by atomic mass is 32.3. The quantitative estimate of drug-likeness (QED) is 0.586. The van der Waals surface area contributed by atoms with Gasteiger partial charge in [0, 0.05) is 7.11 Å². The van der Waals surface area contributed by atoms with Crippen LogP contribution in [0.2, 0.25) is 0 Å². The average molecular weight is 170 g/mol. The Morgan fingerprint density at radius 1 is 1.40 bits per heavy atom. The monoisotopic (exact) mass is 170 g/mol. The first-order valence-electron chi connectivity index (χ1n) is 2.86. The van der Waals surface area contributed by atoms with Crippen LogP contribution in [0.5, 0.6) is 0 Å². The van der Waals surface area contributed by atoms with E-state index >= 15 is 0 Å². The Balaban J connectivity index is 4.23. The largest absolute Gasteiger partial charge is 0.380 e. The summed E-state index contributed by atoms with van der Waals surface area (Å²) in [4.78, 5) is 0. The van der Waals surface area contributed by atoms with Gasteiger partial charge in [-0.1, -0.05) is 0 Å². The van der Waals surface area contributed by atoms with E-state index in [0.29, 0.717) is 0 Å². The Labute approximate surface area is 60.4 Å². The van der Waals surface area contributed by atoms with Crippen molar-refractivity contribution >= 4 is 10.2 Å². The van der Waals surface area contributed by atoms with Crippen molar-refractivity contribution in [2.75, 3.05) is 7.11 Å². The van der Waals surface area contributed by atoms with E-state index < -0.39 is 21.6 Å². The van der Waals surface area contributed by atoms with Gasteiger partial charge in [0.25, 0.3) is 0 Å². The highest BCUT2D eigenvalue weighted by Gasteiger charge is 2.25. The number of ether oxygens (including phenoxy) is 1. The van der Waals surface area contributed by atoms with Gasteiger partial charge >= 0.3 is 10.2 Å². The van der Waals surface area contributed by atoms with Crippen LogP contribution in [0.25, 0.3) is 0 Å². The molecule has 5 heteroatoms. The van der Waals surface area contributed by atoms with Gasteiger partial charge in [-0.3, -0.25) is 0 Å². The third kappa shape index (κ3) is 2.62. The number of hydrogen-bond donors (Lipinski definition) is 0. The van der Waals surface area contributed by atoms with Crippen molar-refractivity contribution in [2.45, 2.75) is 25.2 Å². The minimum Gasteiger partial charge on any atom is -0.380 e. The molecule has 0 bridgehead atoms. The van der Waals surface area contributed by atoms with Crippen LogP contribution in [0.1, 0.15) is 13.8 Å². The van der Waals surface area contributed by atoms with Gasteiger partial charge in [0.1, 0.15) is 5.25 Å². The lowest BCUT2D eigenvalue weighted by Gasteiger charge is -2.13. The zero-order valence-electron chi connectivity index (χ0n) is 6.17. The SMILES string of the molecule is COC(C)C(C)S(=O)(=O)F. The van der Waals surface area contributed by atoms with E-state index in [9.17, 15) is 12.3 Å².